The van der Waals surface area contributed by atoms with Gasteiger partial charge in [0.1, 0.15) is 0 Å². The Morgan fingerprint density at radius 1 is 0.818 bits per heavy atom. The molecule has 120 valence electrons. The van der Waals surface area contributed by atoms with Gasteiger partial charge in [0.25, 0.3) is 0 Å². The first kappa shape index (κ1) is 17.5. The molecular weight excluding hydrogens is 296 g/mol. The van der Waals surface area contributed by atoms with Gasteiger partial charge in [-0.3, -0.25) is 19.2 Å². The number of methoxy groups -OCH3 is 4. The van der Waals surface area contributed by atoms with Crippen LogP contribution in [0.15, 0.2) is 17.4 Å². The molecule has 0 saturated heterocycles. The molecule has 22 heavy (non-hydrogen) atoms. The van der Waals surface area contributed by atoms with E-state index in [1.807, 2.05) is 0 Å². The first-order valence-corrected chi connectivity index (χ1v) is 6.09. The van der Waals surface area contributed by atoms with Gasteiger partial charge in [0.05, 0.1) is 28.4 Å². The summed E-state index contributed by atoms with van der Waals surface area (Å²) in [6.07, 6.45) is 0.966. The Hall–Kier alpha value is -2.60. The van der Waals surface area contributed by atoms with Crippen LogP contribution in [0.3, 0.4) is 0 Å². The maximum Gasteiger partial charge on any atom is 0.330 e. The molecule has 0 unspecified atom stereocenters. The minimum atomic E-state index is -2.40. The number of hydrogen-bond acceptors (Lipinski definition) is 8. The van der Waals surface area contributed by atoms with Crippen LogP contribution in [0.4, 0.5) is 0 Å². The van der Waals surface area contributed by atoms with Gasteiger partial charge in [-0.25, -0.2) is 0 Å². The molecule has 0 N–H and O–H groups in total. The summed E-state index contributed by atoms with van der Waals surface area (Å²) in [6.45, 7) is 1.35. The van der Waals surface area contributed by atoms with Crippen molar-refractivity contribution in [3.8, 4) is 0 Å². The largest absolute Gasteiger partial charge is 0.468 e. The predicted molar refractivity (Wildman–Crippen MR) is 70.2 cm³/mol. The Morgan fingerprint density at radius 3 is 1.50 bits per heavy atom. The number of esters is 4. The highest BCUT2D eigenvalue weighted by Gasteiger charge is 2.75. The monoisotopic (exact) mass is 312 g/mol. The predicted octanol–water partition coefficient (Wildman–Crippen LogP) is -0.234. The van der Waals surface area contributed by atoms with Crippen molar-refractivity contribution in [1.82, 2.24) is 0 Å². The van der Waals surface area contributed by atoms with Crippen LogP contribution < -0.4 is 0 Å². The summed E-state index contributed by atoms with van der Waals surface area (Å²) in [5, 5.41) is 0. The lowest BCUT2D eigenvalue weighted by Gasteiger charge is -2.37. The van der Waals surface area contributed by atoms with E-state index >= 15 is 0 Å². The molecule has 0 spiro atoms. The van der Waals surface area contributed by atoms with E-state index in [1.54, 1.807) is 0 Å². The third-order valence-electron chi connectivity index (χ3n) is 3.66. The van der Waals surface area contributed by atoms with Gasteiger partial charge in [-0.2, -0.15) is 0 Å². The van der Waals surface area contributed by atoms with Crippen molar-refractivity contribution >= 4 is 23.9 Å². The maximum atomic E-state index is 12.4. The van der Waals surface area contributed by atoms with Gasteiger partial charge in [-0.1, -0.05) is 0 Å². The van der Waals surface area contributed by atoms with Crippen LogP contribution in [-0.2, 0) is 38.1 Å². The molecule has 0 heterocycles. The third kappa shape index (κ3) is 1.84. The van der Waals surface area contributed by atoms with Crippen LogP contribution in [0, 0.1) is 10.8 Å². The molecule has 8 nitrogen and oxygen atoms in total. The van der Waals surface area contributed by atoms with Crippen molar-refractivity contribution in [3.05, 3.63) is 17.4 Å². The fourth-order valence-corrected chi connectivity index (χ4v) is 2.58. The van der Waals surface area contributed by atoms with Crippen LogP contribution in [-0.4, -0.2) is 52.3 Å². The van der Waals surface area contributed by atoms with Gasteiger partial charge < -0.3 is 18.9 Å². The molecule has 0 bridgehead atoms. The second kappa shape index (κ2) is 6.03. The average molecular weight is 312 g/mol. The topological polar surface area (TPSA) is 105 Å². The average Bonchev–Trinajstić information content (AvgIpc) is 2.86. The molecule has 8 heteroatoms. The fraction of sp³-hybridized carbons (Fsp3) is 0.500. The Labute approximate surface area is 126 Å². The summed E-state index contributed by atoms with van der Waals surface area (Å²) < 4.78 is 18.5. The Morgan fingerprint density at radius 2 is 1.18 bits per heavy atom. The van der Waals surface area contributed by atoms with Crippen molar-refractivity contribution in [1.29, 1.82) is 0 Å². The van der Waals surface area contributed by atoms with E-state index in [2.05, 4.69) is 24.7 Å². The summed E-state index contributed by atoms with van der Waals surface area (Å²) in [5.41, 5.74) is -2.27. The number of carbonyl (C=O) groups is 4. The molecular formula is C14H16O8. The quantitative estimate of drug-likeness (QED) is 0.303. The lowest BCUT2D eigenvalue weighted by atomic mass is 9.62. The standard InChI is InChI=1S/C14H16O8/c1-8-6-7-13(9(15)19-2,10(16)20-3)14(8,11(17)21-4)12(18)22-5/h7H,1-5H3. The summed E-state index contributed by atoms with van der Waals surface area (Å²) in [7, 11) is 4.04. The van der Waals surface area contributed by atoms with Crippen LogP contribution >= 0.6 is 0 Å². The molecule has 0 fully saturated rings. The molecule has 1 rings (SSSR count). The molecule has 0 saturated carbocycles. The fourth-order valence-electron chi connectivity index (χ4n) is 2.58. The molecule has 1 aliphatic rings. The second-order valence-corrected chi connectivity index (χ2v) is 4.44. The zero-order valence-corrected chi connectivity index (χ0v) is 12.8. The van der Waals surface area contributed by atoms with E-state index in [1.165, 1.54) is 6.92 Å². The van der Waals surface area contributed by atoms with E-state index in [-0.39, 0.29) is 5.57 Å². The van der Waals surface area contributed by atoms with Crippen LogP contribution in [0.1, 0.15) is 6.92 Å². The molecule has 0 radical (unpaired) electrons. The van der Waals surface area contributed by atoms with E-state index in [0.29, 0.717) is 0 Å². The lowest BCUT2D eigenvalue weighted by molar-refractivity contribution is -0.190. The minimum Gasteiger partial charge on any atom is -0.468 e. The first-order chi connectivity index (χ1) is 10.3. The highest BCUT2D eigenvalue weighted by Crippen LogP contribution is 2.53. The summed E-state index contributed by atoms with van der Waals surface area (Å²) in [4.78, 5) is 49.4. The van der Waals surface area contributed by atoms with Crippen molar-refractivity contribution in [3.63, 3.8) is 0 Å². The Kier molecular flexibility index (Phi) is 4.78. The van der Waals surface area contributed by atoms with E-state index < -0.39 is 34.7 Å². The maximum absolute atomic E-state index is 12.4. The lowest BCUT2D eigenvalue weighted by Crippen LogP contribution is -2.60. The van der Waals surface area contributed by atoms with Gasteiger partial charge in [0.2, 0.25) is 10.8 Å². The number of rotatable bonds is 4. The highest BCUT2D eigenvalue weighted by atomic mass is 16.6. The molecule has 0 atom stereocenters. The van der Waals surface area contributed by atoms with Gasteiger partial charge in [-0.15, -0.1) is 5.73 Å². The number of hydrogen-bond donors (Lipinski definition) is 0. The number of ether oxygens (including phenoxy) is 4. The third-order valence-corrected chi connectivity index (χ3v) is 3.66. The highest BCUT2D eigenvalue weighted by molar-refractivity contribution is 6.18. The first-order valence-electron chi connectivity index (χ1n) is 6.09. The zero-order valence-electron chi connectivity index (χ0n) is 12.8. The molecule has 0 aromatic carbocycles. The zero-order chi connectivity index (χ0) is 17.1. The van der Waals surface area contributed by atoms with Crippen LogP contribution in [0.5, 0.6) is 0 Å². The van der Waals surface area contributed by atoms with Crippen molar-refractivity contribution < 1.29 is 38.1 Å². The van der Waals surface area contributed by atoms with Gasteiger partial charge in [0, 0.05) is 0 Å². The molecule has 1 aliphatic carbocycles. The Bertz CT molecular complexity index is 556. The molecule has 0 aromatic heterocycles. The van der Waals surface area contributed by atoms with Gasteiger partial charge in [-0.05, 0) is 18.6 Å². The van der Waals surface area contributed by atoms with E-state index in [0.717, 1.165) is 34.5 Å². The Balaban J connectivity index is 3.85. The van der Waals surface area contributed by atoms with Crippen molar-refractivity contribution in [2.45, 2.75) is 6.92 Å². The van der Waals surface area contributed by atoms with Crippen molar-refractivity contribution in [2.24, 2.45) is 10.8 Å². The minimum absolute atomic E-state index is 0.0259. The van der Waals surface area contributed by atoms with Crippen LogP contribution in [0.2, 0.25) is 0 Å². The molecule has 0 aromatic rings. The number of carbonyl (C=O) groups excluding carboxylic acids is 4. The SMILES string of the molecule is COC(=O)C1(C(=O)OC)C=C=C(C)C1(C(=O)OC)C(=O)OC. The summed E-state index contributed by atoms with van der Waals surface area (Å²) in [6, 6.07) is 0. The van der Waals surface area contributed by atoms with Crippen molar-refractivity contribution in [2.75, 3.05) is 28.4 Å². The van der Waals surface area contributed by atoms with E-state index in [9.17, 15) is 19.2 Å². The molecule has 0 aliphatic heterocycles. The normalized spacial score (nSPS) is 17.2. The van der Waals surface area contributed by atoms with Gasteiger partial charge in [0.15, 0.2) is 0 Å². The smallest absolute Gasteiger partial charge is 0.330 e. The van der Waals surface area contributed by atoms with E-state index in [4.69, 9.17) is 0 Å². The van der Waals surface area contributed by atoms with Crippen LogP contribution in [0.25, 0.3) is 0 Å². The summed E-state index contributed by atoms with van der Waals surface area (Å²) in [5.74, 6) is -4.65. The summed E-state index contributed by atoms with van der Waals surface area (Å²) >= 11 is 0. The molecule has 0 amide bonds. The van der Waals surface area contributed by atoms with Gasteiger partial charge >= 0.3 is 23.9 Å². The second-order valence-electron chi connectivity index (χ2n) is 4.44.